The van der Waals surface area contributed by atoms with Gasteiger partial charge in [-0.2, -0.15) is 0 Å². The summed E-state index contributed by atoms with van der Waals surface area (Å²) in [7, 11) is 0. The summed E-state index contributed by atoms with van der Waals surface area (Å²) >= 11 is 3.45. The predicted molar refractivity (Wildman–Crippen MR) is 122 cm³/mol. The highest BCUT2D eigenvalue weighted by Gasteiger charge is 2.46. The fourth-order valence-corrected chi connectivity index (χ4v) is 4.09. The van der Waals surface area contributed by atoms with Crippen LogP contribution in [0.15, 0.2) is 76.9 Å². The topological polar surface area (TPSA) is 70.5 Å². The van der Waals surface area contributed by atoms with E-state index >= 15 is 0 Å². The first-order chi connectivity index (χ1) is 14.9. The minimum Gasteiger partial charge on any atom is -0.507 e. The number of pyridine rings is 1. The van der Waals surface area contributed by atoms with Gasteiger partial charge in [-0.15, -0.1) is 0 Å². The SMILES string of the molecule is Cc1cccc(C2/C(=C(/O)c3ccc(Br)c(C)c3)C(=O)C(=O)N2Cc2ccccn2)c1. The van der Waals surface area contributed by atoms with Gasteiger partial charge in [0.1, 0.15) is 5.76 Å². The van der Waals surface area contributed by atoms with Gasteiger partial charge in [0.2, 0.25) is 0 Å². The summed E-state index contributed by atoms with van der Waals surface area (Å²) in [4.78, 5) is 31.9. The number of amides is 1. The van der Waals surface area contributed by atoms with E-state index in [-0.39, 0.29) is 17.9 Å². The maximum atomic E-state index is 13.1. The van der Waals surface area contributed by atoms with Crippen molar-refractivity contribution in [1.29, 1.82) is 0 Å². The molecule has 0 saturated carbocycles. The molecular weight excluding hydrogens is 456 g/mol. The second-order valence-corrected chi connectivity index (χ2v) is 8.48. The Kier molecular flexibility index (Phi) is 5.74. The fraction of sp³-hybridized carbons (Fsp3) is 0.160. The highest BCUT2D eigenvalue weighted by Crippen LogP contribution is 2.40. The van der Waals surface area contributed by atoms with Gasteiger partial charge in [-0.3, -0.25) is 14.6 Å². The largest absolute Gasteiger partial charge is 0.507 e. The molecule has 1 unspecified atom stereocenters. The van der Waals surface area contributed by atoms with Crippen molar-refractivity contribution in [3.05, 3.63) is 105 Å². The normalized spacial score (nSPS) is 17.9. The van der Waals surface area contributed by atoms with Crippen LogP contribution in [-0.4, -0.2) is 26.7 Å². The smallest absolute Gasteiger partial charge is 0.296 e. The van der Waals surface area contributed by atoms with Crippen molar-refractivity contribution in [1.82, 2.24) is 9.88 Å². The van der Waals surface area contributed by atoms with Crippen LogP contribution in [0.2, 0.25) is 0 Å². The van der Waals surface area contributed by atoms with Crippen molar-refractivity contribution < 1.29 is 14.7 Å². The van der Waals surface area contributed by atoms with Crippen molar-refractivity contribution in [2.75, 3.05) is 0 Å². The molecule has 0 spiro atoms. The molecule has 1 N–H and O–H groups in total. The zero-order valence-electron chi connectivity index (χ0n) is 17.2. The lowest BCUT2D eigenvalue weighted by Gasteiger charge is -2.25. The molecule has 1 amide bonds. The number of Topliss-reactive ketones (excluding diaryl/α,β-unsaturated/α-hetero) is 1. The van der Waals surface area contributed by atoms with Gasteiger partial charge < -0.3 is 10.0 Å². The van der Waals surface area contributed by atoms with E-state index in [0.717, 1.165) is 21.2 Å². The zero-order chi connectivity index (χ0) is 22.1. The van der Waals surface area contributed by atoms with E-state index < -0.39 is 17.7 Å². The summed E-state index contributed by atoms with van der Waals surface area (Å²) in [6.07, 6.45) is 1.65. The van der Waals surface area contributed by atoms with Crippen LogP contribution < -0.4 is 0 Å². The Morgan fingerprint density at radius 2 is 1.87 bits per heavy atom. The third kappa shape index (κ3) is 4.03. The number of hydrogen-bond acceptors (Lipinski definition) is 4. The molecule has 0 radical (unpaired) electrons. The average Bonchev–Trinajstić information content (AvgIpc) is 3.01. The highest BCUT2D eigenvalue weighted by atomic mass is 79.9. The van der Waals surface area contributed by atoms with Crippen LogP contribution in [0.1, 0.15) is 34.0 Å². The molecule has 1 aliphatic heterocycles. The molecule has 2 heterocycles. The Morgan fingerprint density at radius 3 is 2.55 bits per heavy atom. The number of aliphatic hydroxyl groups is 1. The Labute approximate surface area is 189 Å². The monoisotopic (exact) mass is 476 g/mol. The Morgan fingerprint density at radius 1 is 1.06 bits per heavy atom. The van der Waals surface area contributed by atoms with Crippen molar-refractivity contribution in [2.45, 2.75) is 26.4 Å². The highest BCUT2D eigenvalue weighted by molar-refractivity contribution is 9.10. The van der Waals surface area contributed by atoms with Gasteiger partial charge in [-0.05, 0) is 49.2 Å². The Hall–Kier alpha value is -3.25. The van der Waals surface area contributed by atoms with Gasteiger partial charge >= 0.3 is 0 Å². The van der Waals surface area contributed by atoms with Gasteiger partial charge in [0.15, 0.2) is 0 Å². The number of hydrogen-bond donors (Lipinski definition) is 1. The summed E-state index contributed by atoms with van der Waals surface area (Å²) in [6, 6.07) is 17.7. The number of carbonyl (C=O) groups is 2. The lowest BCUT2D eigenvalue weighted by molar-refractivity contribution is -0.140. The molecule has 0 bridgehead atoms. The van der Waals surface area contributed by atoms with Gasteiger partial charge in [-0.25, -0.2) is 0 Å². The predicted octanol–water partition coefficient (Wildman–Crippen LogP) is 5.08. The summed E-state index contributed by atoms with van der Waals surface area (Å²) in [5.74, 6) is -1.52. The molecule has 2 aromatic carbocycles. The first-order valence-corrected chi connectivity index (χ1v) is 10.7. The molecule has 1 aliphatic rings. The number of likely N-dealkylation sites (tertiary alicyclic amines) is 1. The number of aliphatic hydroxyl groups excluding tert-OH is 1. The number of nitrogens with zero attached hydrogens (tertiary/aromatic N) is 2. The van der Waals surface area contributed by atoms with Crippen LogP contribution >= 0.6 is 15.9 Å². The second-order valence-electron chi connectivity index (χ2n) is 7.63. The molecule has 0 aliphatic carbocycles. The van der Waals surface area contributed by atoms with E-state index in [1.165, 1.54) is 4.90 Å². The minimum atomic E-state index is -0.703. The summed E-state index contributed by atoms with van der Waals surface area (Å²) in [5.41, 5.74) is 3.94. The van der Waals surface area contributed by atoms with Crippen molar-refractivity contribution in [2.24, 2.45) is 0 Å². The summed E-state index contributed by atoms with van der Waals surface area (Å²) in [5, 5.41) is 11.2. The molecular formula is C25H21BrN2O3. The molecule has 1 atom stereocenters. The molecule has 156 valence electrons. The van der Waals surface area contributed by atoms with Gasteiger partial charge in [0, 0.05) is 16.2 Å². The number of aromatic nitrogens is 1. The van der Waals surface area contributed by atoms with E-state index in [2.05, 4.69) is 20.9 Å². The second kappa shape index (κ2) is 8.47. The van der Waals surface area contributed by atoms with E-state index in [4.69, 9.17) is 0 Å². The molecule has 1 aromatic heterocycles. The first kappa shape index (κ1) is 21.0. The van der Waals surface area contributed by atoms with E-state index in [0.29, 0.717) is 11.3 Å². The lowest BCUT2D eigenvalue weighted by atomic mass is 9.94. The quantitative estimate of drug-likeness (QED) is 0.323. The molecule has 1 fully saturated rings. The maximum Gasteiger partial charge on any atom is 0.296 e. The van der Waals surface area contributed by atoms with Crippen LogP contribution in [0.4, 0.5) is 0 Å². The number of ketones is 1. The molecule has 5 nitrogen and oxygen atoms in total. The van der Waals surface area contributed by atoms with Crippen molar-refractivity contribution in [3.63, 3.8) is 0 Å². The standard InChI is InChI=1S/C25H21BrN2O3/c1-15-6-5-7-17(12-15)22-21(23(29)18-9-10-20(26)16(2)13-18)24(30)25(31)28(22)14-19-8-3-4-11-27-19/h3-13,22,29H,14H2,1-2H3/b23-21-. The van der Waals surface area contributed by atoms with Crippen LogP contribution in [0.25, 0.3) is 5.76 Å². The zero-order valence-corrected chi connectivity index (χ0v) is 18.8. The van der Waals surface area contributed by atoms with Crippen molar-refractivity contribution in [3.8, 4) is 0 Å². The van der Waals surface area contributed by atoms with E-state index in [9.17, 15) is 14.7 Å². The van der Waals surface area contributed by atoms with E-state index in [1.54, 1.807) is 24.4 Å². The molecule has 1 saturated heterocycles. The van der Waals surface area contributed by atoms with Gasteiger partial charge in [0.25, 0.3) is 11.7 Å². The lowest BCUT2D eigenvalue weighted by Crippen LogP contribution is -2.29. The summed E-state index contributed by atoms with van der Waals surface area (Å²) < 4.78 is 0.898. The number of benzene rings is 2. The molecule has 4 rings (SSSR count). The number of aryl methyl sites for hydroxylation is 2. The Bertz CT molecular complexity index is 1200. The summed E-state index contributed by atoms with van der Waals surface area (Å²) in [6.45, 7) is 4.02. The maximum absolute atomic E-state index is 13.1. The third-order valence-corrected chi connectivity index (χ3v) is 6.28. The molecule has 3 aromatic rings. The number of halogens is 1. The van der Waals surface area contributed by atoms with Gasteiger partial charge in [-0.1, -0.05) is 57.9 Å². The fourth-order valence-electron chi connectivity index (χ4n) is 3.84. The van der Waals surface area contributed by atoms with Gasteiger partial charge in [0.05, 0.1) is 23.9 Å². The number of rotatable bonds is 4. The minimum absolute atomic E-state index is 0.0910. The van der Waals surface area contributed by atoms with E-state index in [1.807, 2.05) is 56.3 Å². The van der Waals surface area contributed by atoms with Crippen LogP contribution in [0.5, 0.6) is 0 Å². The Balaban J connectivity index is 1.88. The van der Waals surface area contributed by atoms with Crippen LogP contribution in [0, 0.1) is 13.8 Å². The third-order valence-electron chi connectivity index (χ3n) is 5.39. The average molecular weight is 477 g/mol. The van der Waals surface area contributed by atoms with Crippen LogP contribution in [-0.2, 0) is 16.1 Å². The molecule has 6 heteroatoms. The van der Waals surface area contributed by atoms with Crippen molar-refractivity contribution >= 4 is 33.4 Å². The molecule has 31 heavy (non-hydrogen) atoms. The van der Waals surface area contributed by atoms with Crippen LogP contribution in [0.3, 0.4) is 0 Å². The number of carbonyl (C=O) groups excluding carboxylic acids is 2. The first-order valence-electron chi connectivity index (χ1n) is 9.88.